The minimum atomic E-state index is 0. The summed E-state index contributed by atoms with van der Waals surface area (Å²) in [7, 11) is 0. The maximum absolute atomic E-state index is 5.85. The molecule has 120 valence electrons. The van der Waals surface area contributed by atoms with Crippen molar-refractivity contribution in [3.63, 3.8) is 0 Å². The number of imidazole rings is 1. The number of nitrogens with two attached hydrogens (primary N) is 2. The second-order valence-corrected chi connectivity index (χ2v) is 5.37. The number of nitrogens with zero attached hydrogens (tertiary/aromatic N) is 4. The van der Waals surface area contributed by atoms with Crippen molar-refractivity contribution >= 4 is 16.6 Å². The van der Waals surface area contributed by atoms with Crippen molar-refractivity contribution in [2.75, 3.05) is 0 Å². The van der Waals surface area contributed by atoms with Crippen LogP contribution in [-0.4, -0.2) is 29.9 Å². The fraction of sp³-hybridized carbons (Fsp3) is 0.0625. The first-order chi connectivity index (χ1) is 11.7. The van der Waals surface area contributed by atoms with Gasteiger partial charge in [0.1, 0.15) is 5.82 Å². The summed E-state index contributed by atoms with van der Waals surface area (Å²) in [6.07, 6.45) is 6.28. The summed E-state index contributed by atoms with van der Waals surface area (Å²) in [6, 6.07) is 5.61. The number of hydrogen-bond acceptors (Lipinski definition) is 5. The fourth-order valence-electron chi connectivity index (χ4n) is 2.66. The Morgan fingerprint density at radius 2 is 2.16 bits per heavy atom. The van der Waals surface area contributed by atoms with E-state index < -0.39 is 0 Å². The minimum absolute atomic E-state index is 0. The van der Waals surface area contributed by atoms with Crippen molar-refractivity contribution in [2.45, 2.75) is 6.67 Å². The first-order valence-corrected chi connectivity index (χ1v) is 7.29. The Morgan fingerprint density at radius 3 is 2.92 bits per heavy atom. The van der Waals surface area contributed by atoms with Crippen LogP contribution in [0.3, 0.4) is 0 Å². The van der Waals surface area contributed by atoms with Crippen LogP contribution in [0.4, 0.5) is 0 Å². The van der Waals surface area contributed by atoms with Crippen molar-refractivity contribution in [1.82, 2.24) is 29.9 Å². The summed E-state index contributed by atoms with van der Waals surface area (Å²) >= 11 is 0. The summed E-state index contributed by atoms with van der Waals surface area (Å²) in [5.74, 6) is 0.698. The van der Waals surface area contributed by atoms with Gasteiger partial charge in [-0.25, -0.2) is 4.98 Å². The van der Waals surface area contributed by atoms with E-state index in [-0.39, 0.29) is 36.2 Å². The maximum Gasteiger partial charge on any atom is 1.00 e. The molecule has 0 aliphatic heterocycles. The molecule has 0 radical (unpaired) electrons. The second kappa shape index (κ2) is 6.85. The Kier molecular flexibility index (Phi) is 4.78. The molecule has 4 aromatic rings. The zero-order valence-corrected chi connectivity index (χ0v) is 15.7. The van der Waals surface area contributed by atoms with Gasteiger partial charge in [0.2, 0.25) is 0 Å². The van der Waals surface area contributed by atoms with Gasteiger partial charge < -0.3 is 26.2 Å². The Hall–Kier alpha value is -2.39. The quantitative estimate of drug-likeness (QED) is 0.264. The first kappa shape index (κ1) is 17.4. The van der Waals surface area contributed by atoms with Gasteiger partial charge in [-0.05, 0) is 17.7 Å². The molecule has 0 fully saturated rings. The van der Waals surface area contributed by atoms with Crippen LogP contribution in [-0.2, 0) is 6.67 Å². The molecule has 3 heterocycles. The second-order valence-electron chi connectivity index (χ2n) is 5.37. The van der Waals surface area contributed by atoms with E-state index in [1.807, 2.05) is 12.1 Å². The Labute approximate surface area is 165 Å². The summed E-state index contributed by atoms with van der Waals surface area (Å²) in [5, 5.41) is 12.0. The Morgan fingerprint density at radius 1 is 1.32 bits per heavy atom. The van der Waals surface area contributed by atoms with Gasteiger partial charge in [-0.15, -0.1) is 6.20 Å². The summed E-state index contributed by atoms with van der Waals surface area (Å²) < 4.78 is 1.64. The van der Waals surface area contributed by atoms with Crippen molar-refractivity contribution in [2.24, 2.45) is 11.5 Å². The summed E-state index contributed by atoms with van der Waals surface area (Å²) in [5.41, 5.74) is 16.2. The monoisotopic (exact) mass is 342 g/mol. The third-order valence-electron chi connectivity index (χ3n) is 3.87. The molecule has 4 rings (SSSR count). The summed E-state index contributed by atoms with van der Waals surface area (Å²) in [6.45, 7) is 4.07. The first-order valence-electron chi connectivity index (χ1n) is 7.29. The molecule has 0 unspecified atom stereocenters. The molecular weight excluding hydrogens is 327 g/mol. The SMILES string of the molecule is C=C(N)c1cc(-c2ncc(-c3c[c-]nn3CN)[nH]2)c2cn[nH]c2c1.[Na+]. The van der Waals surface area contributed by atoms with Gasteiger partial charge in [-0.3, -0.25) is 5.10 Å². The number of fused-ring (bicyclic) bond motifs is 1. The summed E-state index contributed by atoms with van der Waals surface area (Å²) in [4.78, 5) is 7.78. The largest absolute Gasteiger partial charge is 1.00 e. The molecule has 0 saturated heterocycles. The number of H-pyrrole nitrogens is 2. The van der Waals surface area contributed by atoms with E-state index in [9.17, 15) is 0 Å². The normalized spacial score (nSPS) is 10.8. The minimum Gasteiger partial charge on any atom is -0.399 e. The predicted molar refractivity (Wildman–Crippen MR) is 91.1 cm³/mol. The van der Waals surface area contributed by atoms with Gasteiger partial charge in [0, 0.05) is 28.5 Å². The molecule has 0 saturated carbocycles. The number of aromatic nitrogens is 6. The standard InChI is InChI=1S/C16H15N8.Na/c1-9(18)10-4-11(12-6-20-23-13(12)5-10)16-19-7-14(22-16)15-2-3-21-24(15)8-17;/h2,4-7H,1,8,17-18H2,(H,19,22)(H,20,23);/q-1;+1. The zero-order valence-electron chi connectivity index (χ0n) is 13.7. The van der Waals surface area contributed by atoms with Crippen LogP contribution >= 0.6 is 0 Å². The zero-order chi connectivity index (χ0) is 16.7. The molecule has 3 aromatic heterocycles. The predicted octanol–water partition coefficient (Wildman–Crippen LogP) is -1.53. The molecule has 0 bridgehead atoms. The van der Waals surface area contributed by atoms with Gasteiger partial charge in [0.05, 0.1) is 18.4 Å². The molecular formula is C16H15N8Na. The molecule has 9 heteroatoms. The van der Waals surface area contributed by atoms with E-state index in [1.165, 1.54) is 0 Å². The molecule has 0 atom stereocenters. The van der Waals surface area contributed by atoms with E-state index in [1.54, 1.807) is 23.1 Å². The van der Waals surface area contributed by atoms with Gasteiger partial charge >= 0.3 is 29.6 Å². The maximum atomic E-state index is 5.85. The van der Waals surface area contributed by atoms with Crippen molar-refractivity contribution in [1.29, 1.82) is 0 Å². The number of rotatable bonds is 4. The molecule has 6 N–H and O–H groups in total. The van der Waals surface area contributed by atoms with Crippen LogP contribution in [0, 0.1) is 6.20 Å². The van der Waals surface area contributed by atoms with Crippen molar-refractivity contribution < 1.29 is 29.6 Å². The third kappa shape index (κ3) is 3.00. The van der Waals surface area contributed by atoms with E-state index in [2.05, 4.69) is 38.0 Å². The van der Waals surface area contributed by atoms with Crippen LogP contribution < -0.4 is 41.0 Å². The number of hydrogen-bond donors (Lipinski definition) is 4. The van der Waals surface area contributed by atoms with E-state index in [4.69, 9.17) is 11.5 Å². The van der Waals surface area contributed by atoms with Crippen molar-refractivity contribution in [3.8, 4) is 22.8 Å². The molecule has 0 aliphatic rings. The molecule has 25 heavy (non-hydrogen) atoms. The average molecular weight is 342 g/mol. The average Bonchev–Trinajstić information content (AvgIpc) is 3.31. The van der Waals surface area contributed by atoms with Crippen LogP contribution in [0.25, 0.3) is 39.4 Å². The third-order valence-corrected chi connectivity index (χ3v) is 3.87. The Bertz CT molecular complexity index is 1040. The van der Waals surface area contributed by atoms with Crippen LogP contribution in [0.5, 0.6) is 0 Å². The molecule has 0 aliphatic carbocycles. The smallest absolute Gasteiger partial charge is 0.399 e. The topological polar surface area (TPSA) is 127 Å². The van der Waals surface area contributed by atoms with Gasteiger partial charge in [-0.2, -0.15) is 11.2 Å². The van der Waals surface area contributed by atoms with Crippen LogP contribution in [0.15, 0.2) is 37.2 Å². The molecule has 8 nitrogen and oxygen atoms in total. The fourth-order valence-corrected chi connectivity index (χ4v) is 2.66. The van der Waals surface area contributed by atoms with E-state index in [0.29, 0.717) is 11.5 Å². The molecule has 0 amide bonds. The van der Waals surface area contributed by atoms with Gasteiger partial charge in [0.25, 0.3) is 0 Å². The van der Waals surface area contributed by atoms with E-state index >= 15 is 0 Å². The Balaban J connectivity index is 0.00000182. The number of benzene rings is 1. The van der Waals surface area contributed by atoms with Crippen LogP contribution in [0.1, 0.15) is 5.56 Å². The van der Waals surface area contributed by atoms with E-state index in [0.717, 1.165) is 33.4 Å². The molecule has 1 aromatic carbocycles. The van der Waals surface area contributed by atoms with Gasteiger partial charge in [0.15, 0.2) is 0 Å². The van der Waals surface area contributed by atoms with Gasteiger partial charge in [-0.1, -0.05) is 12.3 Å². The number of nitrogens with one attached hydrogen (secondary N) is 2. The van der Waals surface area contributed by atoms with Crippen molar-refractivity contribution in [3.05, 3.63) is 48.9 Å². The number of aromatic amines is 2. The van der Waals surface area contributed by atoms with Crippen LogP contribution in [0.2, 0.25) is 0 Å². The molecule has 0 spiro atoms.